The van der Waals surface area contributed by atoms with E-state index in [2.05, 4.69) is 11.8 Å². The molecular weight excluding hydrogens is 538 g/mol. The second-order valence-electron chi connectivity index (χ2n) is 11.7. The summed E-state index contributed by atoms with van der Waals surface area (Å²) in [4.78, 5) is 28.2. The number of anilines is 1. The van der Waals surface area contributed by atoms with Crippen LogP contribution in [-0.4, -0.2) is 48.6 Å². The van der Waals surface area contributed by atoms with Crippen LogP contribution in [0.5, 0.6) is 0 Å². The quantitative estimate of drug-likeness (QED) is 0.282. The molecule has 0 bridgehead atoms. The van der Waals surface area contributed by atoms with E-state index in [4.69, 9.17) is 4.52 Å². The zero-order chi connectivity index (χ0) is 28.5. The Morgan fingerprint density at radius 2 is 1.63 bits per heavy atom. The fraction of sp³-hybridized carbons (Fsp3) is 0.704. The minimum atomic E-state index is -4.28. The highest BCUT2D eigenvalue weighted by Gasteiger charge is 2.44. The highest BCUT2D eigenvalue weighted by Crippen LogP contribution is 2.45. The molecule has 2 aliphatic carbocycles. The first-order chi connectivity index (χ1) is 17.4. The summed E-state index contributed by atoms with van der Waals surface area (Å²) in [5.74, 6) is 2.58. The molecule has 6 nitrogen and oxygen atoms in total. The minimum Gasteiger partial charge on any atom is -0.477 e. The molecule has 2 aliphatic rings. The molecule has 1 aromatic heterocycles. The van der Waals surface area contributed by atoms with E-state index in [-0.39, 0.29) is 59.7 Å². The number of carbonyl (C=O) groups is 2. The van der Waals surface area contributed by atoms with Crippen LogP contribution in [-0.2, 0) is 13.9 Å². The van der Waals surface area contributed by atoms with E-state index in [1.807, 2.05) is 20.8 Å². The van der Waals surface area contributed by atoms with Crippen molar-refractivity contribution in [1.82, 2.24) is 0 Å². The molecule has 0 unspecified atom stereocenters. The summed E-state index contributed by atoms with van der Waals surface area (Å²) in [5, 5.41) is 9.99. The zero-order valence-electron chi connectivity index (χ0n) is 22.6. The van der Waals surface area contributed by atoms with Crippen molar-refractivity contribution in [1.29, 1.82) is 0 Å². The summed E-state index contributed by atoms with van der Waals surface area (Å²) in [6.07, 6.45) is -2.42. The third-order valence-corrected chi connectivity index (χ3v) is 8.75. The maximum absolute atomic E-state index is 13.9. The van der Waals surface area contributed by atoms with Crippen molar-refractivity contribution < 1.29 is 37.0 Å². The van der Waals surface area contributed by atoms with E-state index in [1.165, 1.54) is 4.90 Å². The van der Waals surface area contributed by atoms with Gasteiger partial charge in [0.05, 0.1) is 22.6 Å². The van der Waals surface area contributed by atoms with Crippen molar-refractivity contribution in [2.24, 2.45) is 17.3 Å². The van der Waals surface area contributed by atoms with Gasteiger partial charge in [-0.15, -0.1) is 11.3 Å². The number of hydrogen-bond donors (Lipinski definition) is 1. The first-order valence-electron chi connectivity index (χ1n) is 13.0. The van der Waals surface area contributed by atoms with E-state index in [0.29, 0.717) is 30.6 Å². The van der Waals surface area contributed by atoms with Gasteiger partial charge in [-0.2, -0.15) is 13.2 Å². The maximum Gasteiger partial charge on any atom is 0.391 e. The molecule has 1 N–H and O–H groups in total. The molecular formula is C27H37F3NO5PS. The highest BCUT2D eigenvalue weighted by molar-refractivity contribution is 7.57. The lowest BCUT2D eigenvalue weighted by atomic mass is 9.80. The molecule has 0 spiro atoms. The Labute approximate surface area is 226 Å². The number of rotatable bonds is 6. The molecule has 1 heterocycles. The van der Waals surface area contributed by atoms with Gasteiger partial charge >= 0.3 is 12.1 Å². The van der Waals surface area contributed by atoms with Crippen molar-refractivity contribution in [3.63, 3.8) is 0 Å². The van der Waals surface area contributed by atoms with Crippen LogP contribution in [0.15, 0.2) is 6.07 Å². The predicted octanol–water partition coefficient (Wildman–Crippen LogP) is 7.41. The second kappa shape index (κ2) is 11.7. The number of amides is 1. The largest absolute Gasteiger partial charge is 0.477 e. The Bertz CT molecular complexity index is 1120. The molecule has 0 radical (unpaired) electrons. The summed E-state index contributed by atoms with van der Waals surface area (Å²) in [5.41, 5.74) is -0.0547. The van der Waals surface area contributed by atoms with Gasteiger partial charge in [0.15, 0.2) is 7.37 Å². The topological polar surface area (TPSA) is 83.9 Å². The van der Waals surface area contributed by atoms with Crippen LogP contribution in [0.2, 0.25) is 0 Å². The van der Waals surface area contributed by atoms with E-state index in [1.54, 1.807) is 19.4 Å². The van der Waals surface area contributed by atoms with Gasteiger partial charge in [-0.05, 0) is 78.2 Å². The number of aromatic carboxylic acids is 1. The third-order valence-electron chi connectivity index (χ3n) is 6.92. The van der Waals surface area contributed by atoms with Crippen LogP contribution in [0, 0.1) is 29.1 Å². The Morgan fingerprint density at radius 3 is 2.11 bits per heavy atom. The lowest BCUT2D eigenvalue weighted by molar-refractivity contribution is -0.184. The number of thiophene rings is 1. The van der Waals surface area contributed by atoms with Crippen LogP contribution >= 0.6 is 18.7 Å². The highest BCUT2D eigenvalue weighted by atomic mass is 32.1. The molecule has 0 atom stereocenters. The first kappa shape index (κ1) is 30.7. The molecule has 1 aromatic rings. The summed E-state index contributed by atoms with van der Waals surface area (Å²) in [6.45, 7) is 8.91. The molecule has 3 rings (SSSR count). The monoisotopic (exact) mass is 575 g/mol. The smallest absolute Gasteiger partial charge is 0.391 e. The molecule has 1 amide bonds. The van der Waals surface area contributed by atoms with Gasteiger partial charge in [0, 0.05) is 30.7 Å². The maximum atomic E-state index is 13.9. The van der Waals surface area contributed by atoms with Crippen molar-refractivity contribution in [3.05, 3.63) is 15.8 Å². The summed E-state index contributed by atoms with van der Waals surface area (Å²) >= 11 is 0.999. The van der Waals surface area contributed by atoms with Crippen LogP contribution in [0.25, 0.3) is 0 Å². The predicted molar refractivity (Wildman–Crippen MR) is 143 cm³/mol. The second-order valence-corrected chi connectivity index (χ2v) is 15.5. The van der Waals surface area contributed by atoms with Crippen LogP contribution in [0.4, 0.5) is 18.9 Å². The molecule has 38 heavy (non-hydrogen) atoms. The number of halogens is 3. The summed E-state index contributed by atoms with van der Waals surface area (Å²) in [6, 6.07) is 1.29. The first-order valence-corrected chi connectivity index (χ1v) is 16.3. The molecule has 2 fully saturated rings. The van der Waals surface area contributed by atoms with E-state index in [9.17, 15) is 32.4 Å². The average Bonchev–Trinajstić information content (AvgIpc) is 3.21. The molecule has 11 heteroatoms. The zero-order valence-corrected chi connectivity index (χ0v) is 24.3. The molecule has 2 saturated carbocycles. The number of carbonyl (C=O) groups excluding carboxylic acids is 1. The normalized spacial score (nSPS) is 24.8. The third kappa shape index (κ3) is 8.34. The molecule has 0 aliphatic heterocycles. The molecule has 0 saturated heterocycles. The van der Waals surface area contributed by atoms with Gasteiger partial charge in [-0.1, -0.05) is 11.8 Å². The number of carboxylic acid groups (broad SMARTS) is 1. The van der Waals surface area contributed by atoms with E-state index >= 15 is 0 Å². The van der Waals surface area contributed by atoms with E-state index < -0.39 is 31.4 Å². The molecule has 0 aromatic carbocycles. The van der Waals surface area contributed by atoms with Crippen molar-refractivity contribution >= 4 is 36.3 Å². The van der Waals surface area contributed by atoms with Crippen molar-refractivity contribution in [2.75, 3.05) is 18.2 Å². The van der Waals surface area contributed by atoms with Crippen molar-refractivity contribution in [2.45, 2.75) is 90.5 Å². The lowest BCUT2D eigenvalue weighted by Gasteiger charge is -2.40. The number of nitrogens with zero attached hydrogens (tertiary/aromatic N) is 1. The summed E-state index contributed by atoms with van der Waals surface area (Å²) < 4.78 is 57.5. The fourth-order valence-electron chi connectivity index (χ4n) is 5.15. The Morgan fingerprint density at radius 1 is 1.05 bits per heavy atom. The van der Waals surface area contributed by atoms with Crippen LogP contribution < -0.4 is 4.90 Å². The van der Waals surface area contributed by atoms with E-state index in [0.717, 1.165) is 11.3 Å². The average molecular weight is 576 g/mol. The van der Waals surface area contributed by atoms with Gasteiger partial charge in [0.1, 0.15) is 4.88 Å². The Balaban J connectivity index is 1.94. The number of alkyl halides is 3. The van der Waals surface area contributed by atoms with Crippen LogP contribution in [0.1, 0.15) is 86.7 Å². The fourth-order valence-corrected chi connectivity index (χ4v) is 6.92. The minimum absolute atomic E-state index is 0.00877. The molecule has 212 valence electrons. The lowest BCUT2D eigenvalue weighted by Crippen LogP contribution is -2.47. The standard InChI is InChI=1S/C27H37F3NO5PS/c1-26(2,3)15-14-21-16-22(23(38-21)25(33)34)31(19-10-12-20(13-11-19)36-37(4,5)35)24(32)17-6-8-18(9-7-17)27(28,29)30/h16-20H,6-13H2,1-5H3,(H,33,34). The van der Waals surface area contributed by atoms with Crippen molar-refractivity contribution in [3.8, 4) is 11.8 Å². The SMILES string of the molecule is CC(C)(C)C#Cc1cc(N(C(=O)C2CCC(C(F)(F)F)CC2)C2CCC(OP(C)(C)=O)CC2)c(C(=O)O)s1. The van der Waals surface area contributed by atoms with Crippen LogP contribution in [0.3, 0.4) is 0 Å². The Hall–Kier alpha value is -1.82. The summed E-state index contributed by atoms with van der Waals surface area (Å²) in [7, 11) is -2.70. The van der Waals surface area contributed by atoms with Gasteiger partial charge in [-0.3, -0.25) is 9.36 Å². The Kier molecular flexibility index (Phi) is 9.49. The van der Waals surface area contributed by atoms with Gasteiger partial charge in [-0.25, -0.2) is 4.79 Å². The number of carboxylic acids is 1. The van der Waals surface area contributed by atoms with Gasteiger partial charge < -0.3 is 14.5 Å². The number of hydrogen-bond acceptors (Lipinski definition) is 5. The van der Waals surface area contributed by atoms with Gasteiger partial charge in [0.25, 0.3) is 0 Å². The van der Waals surface area contributed by atoms with Gasteiger partial charge in [0.2, 0.25) is 5.91 Å².